The number of ether oxygens (including phenoxy) is 5. The van der Waals surface area contributed by atoms with Crippen LogP contribution in [0.5, 0.6) is 0 Å². The standard InChI is InChI=1S/C44H72O14/c1-21(46)54-34-22(47)9-10-24(31(34)50)55-28-12-14-44-20-43(44)16-15-40(6)35(42(8)13-11-29(58-42)39(4,5)53)23(48)18-41(40,7)27(43)17-25(36(44)38(28,2)3)56-37-33(52)32(51)30(49)26(19-45)57-37/h22-37,45,47-53H,9-20H2,1-8H3. The number of hydrogen-bond acceptors (Lipinski definition) is 14. The Balaban J connectivity index is 1.14. The molecule has 6 aliphatic carbocycles. The Kier molecular flexibility index (Phi) is 10.7. The molecule has 6 saturated carbocycles. The Morgan fingerprint density at radius 1 is 0.759 bits per heavy atom. The monoisotopic (exact) mass is 824 g/mol. The molecule has 2 saturated heterocycles. The second-order valence-corrected chi connectivity index (χ2v) is 22.1. The molecule has 21 atom stereocenters. The van der Waals surface area contributed by atoms with Crippen molar-refractivity contribution in [1.29, 1.82) is 0 Å². The fourth-order valence-electron chi connectivity index (χ4n) is 15.6. The van der Waals surface area contributed by atoms with Crippen molar-refractivity contribution in [2.45, 2.75) is 217 Å². The number of esters is 1. The van der Waals surface area contributed by atoms with Crippen molar-refractivity contribution in [2.24, 2.45) is 44.8 Å². The lowest BCUT2D eigenvalue weighted by atomic mass is 9.41. The molecule has 8 rings (SSSR count). The average Bonchev–Trinajstić information content (AvgIpc) is 3.49. The number of rotatable bonds is 8. The molecule has 0 bridgehead atoms. The number of carbonyl (C=O) groups is 1. The van der Waals surface area contributed by atoms with Crippen molar-refractivity contribution < 1.29 is 69.3 Å². The van der Waals surface area contributed by atoms with Gasteiger partial charge in [0.15, 0.2) is 12.4 Å². The van der Waals surface area contributed by atoms with E-state index in [1.165, 1.54) is 6.92 Å². The minimum Gasteiger partial charge on any atom is -0.457 e. The van der Waals surface area contributed by atoms with Crippen molar-refractivity contribution in [3.05, 3.63) is 0 Å². The highest BCUT2D eigenvalue weighted by atomic mass is 16.7. The fraction of sp³-hybridized carbons (Fsp3) is 0.977. The van der Waals surface area contributed by atoms with Gasteiger partial charge in [0, 0.05) is 12.8 Å². The summed E-state index contributed by atoms with van der Waals surface area (Å²) in [5.41, 5.74) is -3.09. The van der Waals surface area contributed by atoms with Crippen LogP contribution in [0.2, 0.25) is 0 Å². The van der Waals surface area contributed by atoms with Crippen LogP contribution in [0, 0.1) is 44.8 Å². The zero-order valence-electron chi connectivity index (χ0n) is 35.8. The highest BCUT2D eigenvalue weighted by Gasteiger charge is 2.85. The van der Waals surface area contributed by atoms with E-state index in [9.17, 15) is 45.6 Å². The Bertz CT molecular complexity index is 1570. The van der Waals surface area contributed by atoms with Crippen LogP contribution in [-0.4, -0.2) is 144 Å². The molecule has 2 heterocycles. The molecule has 0 aromatic carbocycles. The Morgan fingerprint density at radius 3 is 2.10 bits per heavy atom. The van der Waals surface area contributed by atoms with Gasteiger partial charge in [-0.15, -0.1) is 0 Å². The molecule has 21 unspecified atom stereocenters. The average molecular weight is 825 g/mol. The van der Waals surface area contributed by atoms with Gasteiger partial charge in [0.25, 0.3) is 0 Å². The number of aliphatic hydroxyl groups is 8. The second-order valence-electron chi connectivity index (χ2n) is 22.1. The lowest BCUT2D eigenvalue weighted by molar-refractivity contribution is -0.333. The third-order valence-electron chi connectivity index (χ3n) is 18.4. The first-order valence-electron chi connectivity index (χ1n) is 22.1. The van der Waals surface area contributed by atoms with Crippen LogP contribution in [0.1, 0.15) is 126 Å². The fourth-order valence-corrected chi connectivity index (χ4v) is 15.6. The number of hydrogen-bond donors (Lipinski definition) is 8. The molecule has 2 aliphatic heterocycles. The van der Waals surface area contributed by atoms with Crippen LogP contribution in [0.3, 0.4) is 0 Å². The van der Waals surface area contributed by atoms with Gasteiger partial charge in [-0.1, -0.05) is 27.7 Å². The van der Waals surface area contributed by atoms with Gasteiger partial charge in [-0.05, 0) is 130 Å². The van der Waals surface area contributed by atoms with Gasteiger partial charge in [0.2, 0.25) is 0 Å². The van der Waals surface area contributed by atoms with Crippen LogP contribution >= 0.6 is 0 Å². The van der Waals surface area contributed by atoms with Crippen molar-refractivity contribution in [1.82, 2.24) is 0 Å². The molecule has 332 valence electrons. The first kappa shape index (κ1) is 43.6. The molecule has 14 heteroatoms. The van der Waals surface area contributed by atoms with E-state index in [1.54, 1.807) is 13.8 Å². The quantitative estimate of drug-likeness (QED) is 0.130. The van der Waals surface area contributed by atoms with Crippen molar-refractivity contribution in [3.8, 4) is 0 Å². The molecule has 0 amide bonds. The molecule has 8 N–H and O–H groups in total. The van der Waals surface area contributed by atoms with E-state index in [0.29, 0.717) is 38.5 Å². The third-order valence-corrected chi connectivity index (χ3v) is 18.4. The molecule has 0 radical (unpaired) electrons. The number of aliphatic hydroxyl groups excluding tert-OH is 7. The summed E-state index contributed by atoms with van der Waals surface area (Å²) in [5, 5.41) is 88.1. The smallest absolute Gasteiger partial charge is 0.303 e. The van der Waals surface area contributed by atoms with Crippen molar-refractivity contribution >= 4 is 5.97 Å². The minimum atomic E-state index is -1.60. The van der Waals surface area contributed by atoms with Crippen LogP contribution in [-0.2, 0) is 28.5 Å². The molecule has 58 heavy (non-hydrogen) atoms. The molecule has 8 fully saturated rings. The predicted octanol–water partition coefficient (Wildman–Crippen LogP) is 2.10. The molecular weight excluding hydrogens is 752 g/mol. The van der Waals surface area contributed by atoms with E-state index in [4.69, 9.17) is 23.7 Å². The van der Waals surface area contributed by atoms with Crippen LogP contribution < -0.4 is 0 Å². The van der Waals surface area contributed by atoms with Gasteiger partial charge in [0.05, 0.1) is 54.4 Å². The summed E-state index contributed by atoms with van der Waals surface area (Å²) >= 11 is 0. The van der Waals surface area contributed by atoms with E-state index in [1.807, 2.05) is 0 Å². The van der Waals surface area contributed by atoms with E-state index >= 15 is 0 Å². The highest BCUT2D eigenvalue weighted by molar-refractivity contribution is 5.66. The van der Waals surface area contributed by atoms with Gasteiger partial charge >= 0.3 is 5.97 Å². The van der Waals surface area contributed by atoms with E-state index in [-0.39, 0.29) is 51.6 Å². The maximum Gasteiger partial charge on any atom is 0.303 e. The molecule has 14 nitrogen and oxygen atoms in total. The largest absolute Gasteiger partial charge is 0.457 e. The summed E-state index contributed by atoms with van der Waals surface area (Å²) in [6.45, 7) is 15.4. The molecule has 2 spiro atoms. The predicted molar refractivity (Wildman–Crippen MR) is 207 cm³/mol. The van der Waals surface area contributed by atoms with Gasteiger partial charge < -0.3 is 64.5 Å². The molecular formula is C44H72O14. The zero-order valence-corrected chi connectivity index (χ0v) is 35.8. The highest BCUT2D eigenvalue weighted by Crippen LogP contribution is 2.89. The summed E-state index contributed by atoms with van der Waals surface area (Å²) in [4.78, 5) is 11.9. The molecule has 0 aromatic heterocycles. The van der Waals surface area contributed by atoms with Gasteiger partial charge in [-0.2, -0.15) is 0 Å². The number of carbonyl (C=O) groups excluding carboxylic acids is 1. The van der Waals surface area contributed by atoms with Crippen molar-refractivity contribution in [3.63, 3.8) is 0 Å². The minimum absolute atomic E-state index is 0.0556. The normalized spacial score (nSPS) is 56.1. The van der Waals surface area contributed by atoms with Gasteiger partial charge in [-0.3, -0.25) is 4.79 Å². The molecule has 0 aromatic rings. The topological polar surface area (TPSA) is 225 Å². The first-order valence-corrected chi connectivity index (χ1v) is 22.1. The summed E-state index contributed by atoms with van der Waals surface area (Å²) in [7, 11) is 0. The van der Waals surface area contributed by atoms with Gasteiger partial charge in [0.1, 0.15) is 30.5 Å². The summed E-state index contributed by atoms with van der Waals surface area (Å²) in [6, 6.07) is 0. The van der Waals surface area contributed by atoms with Gasteiger partial charge in [-0.25, -0.2) is 0 Å². The zero-order chi connectivity index (χ0) is 42.3. The maximum absolute atomic E-state index is 12.3. The number of fused-ring (bicyclic) bond motifs is 2. The van der Waals surface area contributed by atoms with Crippen LogP contribution in [0.25, 0.3) is 0 Å². The summed E-state index contributed by atoms with van der Waals surface area (Å²) in [5.74, 6) is -0.770. The second kappa shape index (κ2) is 14.3. The van der Waals surface area contributed by atoms with Crippen molar-refractivity contribution in [2.75, 3.05) is 6.61 Å². The third kappa shape index (κ3) is 6.18. The van der Waals surface area contributed by atoms with E-state index in [2.05, 4.69) is 34.6 Å². The Morgan fingerprint density at radius 2 is 1.47 bits per heavy atom. The lowest BCUT2D eigenvalue weighted by Crippen LogP contribution is -2.65. The summed E-state index contributed by atoms with van der Waals surface area (Å²) < 4.78 is 32.0. The Labute approximate surface area is 342 Å². The Hall–Kier alpha value is -1.01. The van der Waals surface area contributed by atoms with Crippen LogP contribution in [0.4, 0.5) is 0 Å². The van der Waals surface area contributed by atoms with E-state index in [0.717, 1.165) is 32.1 Å². The first-order chi connectivity index (χ1) is 26.9. The van der Waals surface area contributed by atoms with E-state index < -0.39 is 96.5 Å². The maximum atomic E-state index is 12.3. The SMILES string of the molecule is CC(=O)OC1C(O)CCC(OC2CCC34CC35CCC3(C)C(C6(C)CCC(C(C)(C)O)O6)C(O)CC3(C)C5CC(OC3OC(CO)C(O)C(O)C3O)C4C2(C)C)C1O. The lowest BCUT2D eigenvalue weighted by Gasteiger charge is -2.65. The summed E-state index contributed by atoms with van der Waals surface area (Å²) in [6.07, 6.45) is -5.30. The van der Waals surface area contributed by atoms with Crippen LogP contribution in [0.15, 0.2) is 0 Å². The molecule has 8 aliphatic rings.